The number of rotatable bonds is 3. The predicted octanol–water partition coefficient (Wildman–Crippen LogP) is 3.78. The minimum Gasteiger partial charge on any atom is -0.490 e. The van der Waals surface area contributed by atoms with Crippen LogP contribution in [0.5, 0.6) is 5.75 Å². The fraction of sp³-hybridized carbons (Fsp3) is 0.667. The number of nitrogens with one attached hydrogen (secondary N) is 1. The molecule has 3 fully saturated rings. The summed E-state index contributed by atoms with van der Waals surface area (Å²) in [6.07, 6.45) is 8.49. The van der Waals surface area contributed by atoms with Crippen LogP contribution in [0.15, 0.2) is 18.2 Å². The van der Waals surface area contributed by atoms with Gasteiger partial charge in [-0.15, -0.1) is 0 Å². The van der Waals surface area contributed by atoms with E-state index in [0.717, 1.165) is 11.7 Å². The normalized spacial score (nSPS) is 25.4. The number of hydrogen-bond donors (Lipinski definition) is 1. The first kappa shape index (κ1) is 12.7. The second kappa shape index (κ2) is 4.77. The van der Waals surface area contributed by atoms with E-state index in [4.69, 9.17) is 4.74 Å². The summed E-state index contributed by atoms with van der Waals surface area (Å²) in [7, 11) is 0. The number of benzene rings is 1. The third kappa shape index (κ3) is 2.24. The lowest BCUT2D eigenvalue weighted by Crippen LogP contribution is -2.54. The molecule has 1 aromatic rings. The molecule has 2 heteroatoms. The molecule has 0 aromatic heterocycles. The third-order valence-electron chi connectivity index (χ3n) is 5.63. The summed E-state index contributed by atoms with van der Waals surface area (Å²) in [5.74, 6) is 1.89. The summed E-state index contributed by atoms with van der Waals surface area (Å²) in [5, 5.41) is 3.46. The third-order valence-corrected chi connectivity index (χ3v) is 5.63. The first-order valence-corrected chi connectivity index (χ1v) is 8.23. The van der Waals surface area contributed by atoms with E-state index in [1.807, 2.05) is 0 Å². The molecule has 2 nitrogen and oxygen atoms in total. The zero-order valence-corrected chi connectivity index (χ0v) is 12.5. The van der Waals surface area contributed by atoms with Gasteiger partial charge in [0.2, 0.25) is 0 Å². The van der Waals surface area contributed by atoms with Gasteiger partial charge in [-0.3, -0.25) is 0 Å². The van der Waals surface area contributed by atoms with Crippen LogP contribution in [0, 0.1) is 12.3 Å². The highest BCUT2D eigenvalue weighted by Gasteiger charge is 2.40. The molecule has 20 heavy (non-hydrogen) atoms. The lowest BCUT2D eigenvalue weighted by atomic mass is 9.65. The largest absolute Gasteiger partial charge is 0.490 e. The Balaban J connectivity index is 1.50. The Hall–Kier alpha value is -1.02. The molecule has 2 saturated carbocycles. The molecular weight excluding hydrogens is 246 g/mol. The maximum Gasteiger partial charge on any atom is 0.122 e. The topological polar surface area (TPSA) is 21.3 Å². The predicted molar refractivity (Wildman–Crippen MR) is 81.3 cm³/mol. The Morgan fingerprint density at radius 1 is 1.10 bits per heavy atom. The van der Waals surface area contributed by atoms with Gasteiger partial charge in [-0.2, -0.15) is 0 Å². The number of hydrogen-bond acceptors (Lipinski definition) is 2. The van der Waals surface area contributed by atoms with Gasteiger partial charge in [-0.25, -0.2) is 0 Å². The van der Waals surface area contributed by atoms with Crippen molar-refractivity contribution in [2.75, 3.05) is 13.1 Å². The summed E-state index contributed by atoms with van der Waals surface area (Å²) in [6, 6.07) is 6.67. The van der Waals surface area contributed by atoms with Crippen LogP contribution in [0.1, 0.15) is 55.6 Å². The Morgan fingerprint density at radius 3 is 2.45 bits per heavy atom. The van der Waals surface area contributed by atoms with E-state index in [0.29, 0.717) is 11.5 Å². The van der Waals surface area contributed by atoms with E-state index in [-0.39, 0.29) is 0 Å². The smallest absolute Gasteiger partial charge is 0.122 e. The van der Waals surface area contributed by atoms with Crippen LogP contribution in [0.2, 0.25) is 0 Å². The van der Waals surface area contributed by atoms with Crippen molar-refractivity contribution in [1.82, 2.24) is 5.32 Å². The van der Waals surface area contributed by atoms with E-state index < -0.39 is 0 Å². The highest BCUT2D eigenvalue weighted by molar-refractivity contribution is 5.41. The Morgan fingerprint density at radius 2 is 1.85 bits per heavy atom. The van der Waals surface area contributed by atoms with Crippen molar-refractivity contribution in [1.29, 1.82) is 0 Å². The van der Waals surface area contributed by atoms with Crippen LogP contribution in [0.3, 0.4) is 0 Å². The Kier molecular flexibility index (Phi) is 3.03. The summed E-state index contributed by atoms with van der Waals surface area (Å²) in [6.45, 7) is 4.76. The fourth-order valence-electron chi connectivity index (χ4n) is 3.94. The SMILES string of the molecule is Cc1c(OC2CC2)cccc1C1CCC2(CC1)CNC2. The molecule has 0 atom stereocenters. The minimum absolute atomic E-state index is 0.500. The van der Waals surface area contributed by atoms with Crippen molar-refractivity contribution in [2.45, 2.75) is 57.5 Å². The van der Waals surface area contributed by atoms with Gasteiger partial charge in [0.25, 0.3) is 0 Å². The van der Waals surface area contributed by atoms with Gasteiger partial charge in [-0.1, -0.05) is 12.1 Å². The van der Waals surface area contributed by atoms with Crippen molar-refractivity contribution in [3.8, 4) is 5.75 Å². The molecular formula is C18H25NO. The molecule has 1 heterocycles. The molecule has 0 bridgehead atoms. The van der Waals surface area contributed by atoms with Crippen LogP contribution < -0.4 is 10.1 Å². The molecule has 1 aromatic carbocycles. The van der Waals surface area contributed by atoms with Gasteiger partial charge in [0, 0.05) is 13.1 Å². The zero-order valence-electron chi connectivity index (χ0n) is 12.5. The van der Waals surface area contributed by atoms with Gasteiger partial charge in [0.1, 0.15) is 5.75 Å². The maximum absolute atomic E-state index is 6.05. The molecule has 0 radical (unpaired) electrons. The zero-order chi connectivity index (χ0) is 13.6. The van der Waals surface area contributed by atoms with Gasteiger partial charge >= 0.3 is 0 Å². The van der Waals surface area contributed by atoms with E-state index in [2.05, 4.69) is 30.4 Å². The standard InChI is InChI=1S/C18H25NO/c1-13-16(3-2-4-17(13)20-15-5-6-15)14-7-9-18(10-8-14)11-19-12-18/h2-4,14-15,19H,5-12H2,1H3. The van der Waals surface area contributed by atoms with Crippen LogP contribution in [0.25, 0.3) is 0 Å². The van der Waals surface area contributed by atoms with Crippen LogP contribution in [0.4, 0.5) is 0 Å². The lowest BCUT2D eigenvalue weighted by molar-refractivity contribution is 0.0973. The monoisotopic (exact) mass is 271 g/mol. The average molecular weight is 271 g/mol. The second-order valence-electron chi connectivity index (χ2n) is 7.17. The van der Waals surface area contributed by atoms with Gasteiger partial charge in [0.05, 0.1) is 6.10 Å². The summed E-state index contributed by atoms with van der Waals surface area (Å²) in [4.78, 5) is 0. The highest BCUT2D eigenvalue weighted by atomic mass is 16.5. The molecule has 3 aliphatic rings. The molecule has 1 N–H and O–H groups in total. The van der Waals surface area contributed by atoms with Crippen LogP contribution >= 0.6 is 0 Å². The Bertz CT molecular complexity index is 492. The lowest BCUT2D eigenvalue weighted by Gasteiger charge is -2.47. The minimum atomic E-state index is 0.500. The first-order chi connectivity index (χ1) is 9.76. The summed E-state index contributed by atoms with van der Waals surface area (Å²) >= 11 is 0. The number of ether oxygens (including phenoxy) is 1. The molecule has 0 unspecified atom stereocenters. The van der Waals surface area contributed by atoms with E-state index >= 15 is 0 Å². The fourth-order valence-corrected chi connectivity index (χ4v) is 3.94. The van der Waals surface area contributed by atoms with E-state index in [1.165, 1.54) is 57.2 Å². The highest BCUT2D eigenvalue weighted by Crippen LogP contribution is 2.46. The maximum atomic E-state index is 6.05. The first-order valence-electron chi connectivity index (χ1n) is 8.23. The summed E-state index contributed by atoms with van der Waals surface area (Å²) < 4.78 is 6.05. The quantitative estimate of drug-likeness (QED) is 0.903. The van der Waals surface area contributed by atoms with Crippen molar-refractivity contribution >= 4 is 0 Å². The molecule has 2 aliphatic carbocycles. The van der Waals surface area contributed by atoms with Gasteiger partial charge < -0.3 is 10.1 Å². The van der Waals surface area contributed by atoms with Crippen molar-refractivity contribution < 1.29 is 4.74 Å². The molecule has 108 valence electrons. The second-order valence-corrected chi connectivity index (χ2v) is 7.17. The molecule has 1 aliphatic heterocycles. The summed E-state index contributed by atoms with van der Waals surface area (Å²) in [5.41, 5.74) is 3.60. The van der Waals surface area contributed by atoms with Gasteiger partial charge in [-0.05, 0) is 74.0 Å². The molecule has 0 amide bonds. The molecule has 4 rings (SSSR count). The van der Waals surface area contributed by atoms with Gasteiger partial charge in [0.15, 0.2) is 0 Å². The van der Waals surface area contributed by atoms with E-state index in [9.17, 15) is 0 Å². The average Bonchev–Trinajstić information content (AvgIpc) is 3.24. The van der Waals surface area contributed by atoms with Crippen LogP contribution in [-0.2, 0) is 0 Å². The Labute approximate surface area is 121 Å². The van der Waals surface area contributed by atoms with Crippen molar-refractivity contribution in [3.05, 3.63) is 29.3 Å². The van der Waals surface area contributed by atoms with E-state index in [1.54, 1.807) is 5.56 Å². The molecule has 1 spiro atoms. The van der Waals surface area contributed by atoms with Crippen molar-refractivity contribution in [2.24, 2.45) is 5.41 Å². The molecule has 1 saturated heterocycles. The van der Waals surface area contributed by atoms with Crippen molar-refractivity contribution in [3.63, 3.8) is 0 Å². The van der Waals surface area contributed by atoms with Crippen LogP contribution in [-0.4, -0.2) is 19.2 Å².